The van der Waals surface area contributed by atoms with Crippen LogP contribution in [0.15, 0.2) is 47.4 Å². The smallest absolute Gasteiger partial charge is 0.251 e. The van der Waals surface area contributed by atoms with E-state index in [4.69, 9.17) is 11.6 Å². The van der Waals surface area contributed by atoms with E-state index < -0.39 is 10.0 Å². The average molecular weight is 396 g/mol. The van der Waals surface area contributed by atoms with Gasteiger partial charge in [0.2, 0.25) is 10.0 Å². The van der Waals surface area contributed by atoms with Gasteiger partial charge in [0, 0.05) is 18.7 Å². The fraction of sp³-hybridized carbons (Fsp3) is 0.278. The van der Waals surface area contributed by atoms with Crippen LogP contribution in [0.25, 0.3) is 0 Å². The van der Waals surface area contributed by atoms with E-state index in [0.717, 1.165) is 12.1 Å². The summed E-state index contributed by atoms with van der Waals surface area (Å²) in [4.78, 5) is 14.3. The molecule has 0 aliphatic heterocycles. The molecule has 0 heterocycles. The average Bonchev–Trinajstić information content (AvgIpc) is 2.60. The Labute approximate surface area is 159 Å². The van der Waals surface area contributed by atoms with Gasteiger partial charge in [0.05, 0.1) is 5.02 Å². The van der Waals surface area contributed by atoms with E-state index in [-0.39, 0.29) is 21.4 Å². The van der Waals surface area contributed by atoms with Crippen molar-refractivity contribution in [3.05, 3.63) is 64.2 Å². The molecule has 2 N–H and O–H groups in total. The minimum atomic E-state index is -3.73. The maximum absolute atomic E-state index is 12.3. The van der Waals surface area contributed by atoms with Crippen LogP contribution in [0.3, 0.4) is 0 Å². The predicted octanol–water partition coefficient (Wildman–Crippen LogP) is 2.24. The quantitative estimate of drug-likeness (QED) is 0.753. The summed E-state index contributed by atoms with van der Waals surface area (Å²) in [7, 11) is 1.56. The van der Waals surface area contributed by atoms with Crippen molar-refractivity contribution in [3.63, 3.8) is 0 Å². The first-order chi connectivity index (χ1) is 12.2. The highest BCUT2D eigenvalue weighted by Crippen LogP contribution is 2.22. The van der Waals surface area contributed by atoms with Crippen molar-refractivity contribution < 1.29 is 13.2 Å². The second-order valence-corrected chi connectivity index (χ2v) is 8.35. The molecule has 2 aromatic carbocycles. The van der Waals surface area contributed by atoms with Crippen molar-refractivity contribution in [1.29, 1.82) is 0 Å². The van der Waals surface area contributed by atoms with Gasteiger partial charge in [-0.1, -0.05) is 35.9 Å². The molecule has 0 spiro atoms. The molecule has 2 rings (SSSR count). The lowest BCUT2D eigenvalue weighted by Crippen LogP contribution is -2.24. The Balaban J connectivity index is 2.07. The third-order valence-corrected chi connectivity index (χ3v) is 5.62. The Morgan fingerprint density at radius 2 is 1.69 bits per heavy atom. The van der Waals surface area contributed by atoms with Crippen LogP contribution in [0.2, 0.25) is 5.02 Å². The summed E-state index contributed by atoms with van der Waals surface area (Å²) in [6, 6.07) is 12.1. The minimum Gasteiger partial charge on any atom is -0.348 e. The van der Waals surface area contributed by atoms with E-state index in [2.05, 4.69) is 14.9 Å². The third kappa shape index (κ3) is 5.28. The molecular formula is C18H22ClN3O3S. The molecule has 140 valence electrons. The highest BCUT2D eigenvalue weighted by Gasteiger charge is 2.18. The fourth-order valence-corrected chi connectivity index (χ4v) is 3.62. The largest absolute Gasteiger partial charge is 0.348 e. The number of carbonyl (C=O) groups is 1. The number of rotatable bonds is 7. The van der Waals surface area contributed by atoms with Crippen LogP contribution in [0, 0.1) is 0 Å². The highest BCUT2D eigenvalue weighted by molar-refractivity contribution is 7.89. The van der Waals surface area contributed by atoms with Crippen molar-refractivity contribution >= 4 is 27.5 Å². The van der Waals surface area contributed by atoms with Crippen LogP contribution in [0.5, 0.6) is 0 Å². The van der Waals surface area contributed by atoms with E-state index in [0.29, 0.717) is 6.54 Å². The molecule has 1 amide bonds. The van der Waals surface area contributed by atoms with E-state index in [1.807, 2.05) is 38.4 Å². The molecule has 0 atom stereocenters. The number of hydrogen-bond donors (Lipinski definition) is 2. The van der Waals surface area contributed by atoms with Crippen molar-refractivity contribution in [2.75, 3.05) is 21.1 Å². The van der Waals surface area contributed by atoms with Gasteiger partial charge >= 0.3 is 0 Å². The summed E-state index contributed by atoms with van der Waals surface area (Å²) < 4.78 is 26.1. The Bertz CT molecular complexity index is 881. The van der Waals surface area contributed by atoms with Gasteiger partial charge in [0.25, 0.3) is 5.91 Å². The van der Waals surface area contributed by atoms with E-state index in [1.54, 1.807) is 0 Å². The fourth-order valence-electron chi connectivity index (χ4n) is 2.37. The van der Waals surface area contributed by atoms with Gasteiger partial charge in [-0.15, -0.1) is 0 Å². The molecule has 0 aliphatic rings. The zero-order valence-corrected chi connectivity index (χ0v) is 16.5. The molecule has 0 aromatic heterocycles. The maximum atomic E-state index is 12.3. The Kier molecular flexibility index (Phi) is 6.77. The van der Waals surface area contributed by atoms with Crippen LogP contribution in [0.1, 0.15) is 21.5 Å². The number of amides is 1. The number of benzene rings is 2. The molecular weight excluding hydrogens is 374 g/mol. The Morgan fingerprint density at radius 1 is 1.08 bits per heavy atom. The second-order valence-electron chi connectivity index (χ2n) is 6.09. The lowest BCUT2D eigenvalue weighted by Gasteiger charge is -2.11. The van der Waals surface area contributed by atoms with Gasteiger partial charge in [0.1, 0.15) is 4.90 Å². The Hall–Kier alpha value is -1.93. The molecule has 8 heteroatoms. The zero-order chi connectivity index (χ0) is 19.3. The summed E-state index contributed by atoms with van der Waals surface area (Å²) in [6.45, 7) is 1.19. The van der Waals surface area contributed by atoms with Crippen LogP contribution < -0.4 is 10.0 Å². The first-order valence-corrected chi connectivity index (χ1v) is 9.83. The number of sulfonamides is 1. The maximum Gasteiger partial charge on any atom is 0.251 e. The summed E-state index contributed by atoms with van der Waals surface area (Å²) in [5.41, 5.74) is 2.37. The van der Waals surface area contributed by atoms with Gasteiger partial charge in [0.15, 0.2) is 0 Å². The Morgan fingerprint density at radius 3 is 2.27 bits per heavy atom. The summed E-state index contributed by atoms with van der Waals surface area (Å²) in [5, 5.41) is 2.85. The van der Waals surface area contributed by atoms with Gasteiger partial charge in [-0.3, -0.25) is 4.79 Å². The summed E-state index contributed by atoms with van der Waals surface area (Å²) in [5.74, 6) is -0.369. The number of carbonyl (C=O) groups excluding carboxylic acids is 1. The lowest BCUT2D eigenvalue weighted by molar-refractivity contribution is 0.0950. The SMILES string of the molecule is CNS(=O)(=O)c1cc(C(=O)NCc2ccc(CN(C)C)cc2)ccc1Cl. The van der Waals surface area contributed by atoms with Crippen molar-refractivity contribution in [2.45, 2.75) is 18.0 Å². The van der Waals surface area contributed by atoms with E-state index in [1.165, 1.54) is 30.8 Å². The summed E-state index contributed by atoms with van der Waals surface area (Å²) >= 11 is 5.93. The normalized spacial score (nSPS) is 11.6. The molecule has 0 bridgehead atoms. The first-order valence-electron chi connectivity index (χ1n) is 7.97. The van der Waals surface area contributed by atoms with Crippen LogP contribution in [0.4, 0.5) is 0 Å². The number of hydrogen-bond acceptors (Lipinski definition) is 4. The zero-order valence-electron chi connectivity index (χ0n) is 14.9. The molecule has 0 saturated heterocycles. The molecule has 6 nitrogen and oxygen atoms in total. The molecule has 2 aromatic rings. The first kappa shape index (κ1) is 20.4. The van der Waals surface area contributed by atoms with Crippen molar-refractivity contribution in [2.24, 2.45) is 0 Å². The molecule has 0 unspecified atom stereocenters. The summed E-state index contributed by atoms with van der Waals surface area (Å²) in [6.07, 6.45) is 0. The van der Waals surface area contributed by atoms with Gasteiger partial charge in [-0.25, -0.2) is 13.1 Å². The van der Waals surface area contributed by atoms with Crippen LogP contribution >= 0.6 is 11.6 Å². The standard InChI is InChI=1S/C18H22ClN3O3S/c1-20-26(24,25)17-10-15(8-9-16(17)19)18(23)21-11-13-4-6-14(7-5-13)12-22(2)3/h4-10,20H,11-12H2,1-3H3,(H,21,23). The number of nitrogens with zero attached hydrogens (tertiary/aromatic N) is 1. The molecule has 26 heavy (non-hydrogen) atoms. The van der Waals surface area contributed by atoms with Crippen LogP contribution in [-0.2, 0) is 23.1 Å². The third-order valence-electron chi connectivity index (χ3n) is 3.73. The number of nitrogens with one attached hydrogen (secondary N) is 2. The predicted molar refractivity (Wildman–Crippen MR) is 103 cm³/mol. The molecule has 0 saturated carbocycles. The van der Waals surface area contributed by atoms with Gasteiger partial charge in [-0.05, 0) is 50.5 Å². The van der Waals surface area contributed by atoms with E-state index in [9.17, 15) is 13.2 Å². The molecule has 0 radical (unpaired) electrons. The monoisotopic (exact) mass is 395 g/mol. The van der Waals surface area contributed by atoms with Crippen LogP contribution in [-0.4, -0.2) is 40.4 Å². The van der Waals surface area contributed by atoms with Crippen molar-refractivity contribution in [3.8, 4) is 0 Å². The van der Waals surface area contributed by atoms with Crippen molar-refractivity contribution in [1.82, 2.24) is 14.9 Å². The molecule has 0 aliphatic carbocycles. The lowest BCUT2D eigenvalue weighted by atomic mass is 10.1. The van der Waals surface area contributed by atoms with E-state index >= 15 is 0 Å². The minimum absolute atomic E-state index is 0.0624. The molecule has 0 fully saturated rings. The highest BCUT2D eigenvalue weighted by atomic mass is 35.5. The van der Waals surface area contributed by atoms with Gasteiger partial charge in [-0.2, -0.15) is 0 Å². The van der Waals surface area contributed by atoms with Gasteiger partial charge < -0.3 is 10.2 Å². The number of halogens is 1. The topological polar surface area (TPSA) is 78.5 Å². The second kappa shape index (κ2) is 8.64.